The lowest BCUT2D eigenvalue weighted by molar-refractivity contribution is -0.386. The number of rotatable bonds is 3. The van der Waals surface area contributed by atoms with Crippen molar-refractivity contribution in [1.82, 2.24) is 9.78 Å². The van der Waals surface area contributed by atoms with Gasteiger partial charge >= 0.3 is 11.7 Å². The van der Waals surface area contributed by atoms with Crippen LogP contribution in [0, 0.1) is 29.9 Å². The van der Waals surface area contributed by atoms with E-state index in [9.17, 15) is 14.9 Å². The Morgan fingerprint density at radius 1 is 1.53 bits per heavy atom. The van der Waals surface area contributed by atoms with Gasteiger partial charge in [-0.1, -0.05) is 0 Å². The van der Waals surface area contributed by atoms with E-state index in [-0.39, 0.29) is 11.7 Å². The molecule has 1 heterocycles. The number of carboxylic acid groups (broad SMARTS) is 1. The Hall–Kier alpha value is -1.92. The van der Waals surface area contributed by atoms with E-state index >= 15 is 0 Å². The van der Waals surface area contributed by atoms with Gasteiger partial charge in [-0.25, -0.2) is 0 Å². The number of nitrogens with zero attached hydrogens (tertiary/aromatic N) is 3. The second-order valence-corrected chi connectivity index (χ2v) is 4.31. The number of carboxylic acids is 1. The first-order valence-corrected chi connectivity index (χ1v) is 5.36. The zero-order valence-electron chi connectivity index (χ0n) is 9.58. The SMILES string of the molecule is Cc1nn(C2CCC2C(=O)O)c(C)c1[N+](=O)[O-]. The topological polar surface area (TPSA) is 98.3 Å². The molecule has 0 aliphatic heterocycles. The van der Waals surface area contributed by atoms with Gasteiger partial charge < -0.3 is 5.11 Å². The molecule has 2 unspecified atom stereocenters. The minimum atomic E-state index is -0.864. The fourth-order valence-electron chi connectivity index (χ4n) is 2.30. The van der Waals surface area contributed by atoms with Gasteiger partial charge in [-0.2, -0.15) is 5.10 Å². The van der Waals surface area contributed by atoms with Crippen molar-refractivity contribution < 1.29 is 14.8 Å². The number of hydrogen-bond donors (Lipinski definition) is 1. The molecule has 7 nitrogen and oxygen atoms in total. The number of aryl methyl sites for hydroxylation is 1. The Labute approximate surface area is 97.2 Å². The first-order valence-electron chi connectivity index (χ1n) is 5.36. The van der Waals surface area contributed by atoms with E-state index in [1.54, 1.807) is 13.8 Å². The summed E-state index contributed by atoms with van der Waals surface area (Å²) in [6.07, 6.45) is 1.31. The van der Waals surface area contributed by atoms with Crippen LogP contribution in [0.15, 0.2) is 0 Å². The van der Waals surface area contributed by atoms with Gasteiger partial charge in [0.05, 0.1) is 16.9 Å². The van der Waals surface area contributed by atoms with E-state index in [2.05, 4.69) is 5.10 Å². The average Bonchev–Trinajstić information content (AvgIpc) is 2.39. The Bertz CT molecular complexity index is 494. The van der Waals surface area contributed by atoms with Crippen LogP contribution < -0.4 is 0 Å². The van der Waals surface area contributed by atoms with Crippen LogP contribution in [0.1, 0.15) is 30.3 Å². The molecule has 1 aliphatic carbocycles. The normalized spacial score (nSPS) is 23.2. The van der Waals surface area contributed by atoms with Gasteiger partial charge in [0.2, 0.25) is 0 Å². The minimum absolute atomic E-state index is 0.0129. The van der Waals surface area contributed by atoms with E-state index in [0.29, 0.717) is 24.2 Å². The van der Waals surface area contributed by atoms with E-state index < -0.39 is 16.8 Å². The summed E-state index contributed by atoms with van der Waals surface area (Å²) in [5, 5.41) is 23.9. The van der Waals surface area contributed by atoms with Crippen LogP contribution in [0.2, 0.25) is 0 Å². The Kier molecular flexibility index (Phi) is 2.60. The van der Waals surface area contributed by atoms with E-state index in [0.717, 1.165) is 0 Å². The predicted molar refractivity (Wildman–Crippen MR) is 57.8 cm³/mol. The lowest BCUT2D eigenvalue weighted by Gasteiger charge is -2.33. The van der Waals surface area contributed by atoms with Crippen molar-refractivity contribution in [3.8, 4) is 0 Å². The summed E-state index contributed by atoms with van der Waals surface area (Å²) < 4.78 is 1.50. The van der Waals surface area contributed by atoms with Gasteiger partial charge in [0.15, 0.2) is 0 Å². The van der Waals surface area contributed by atoms with Crippen LogP contribution >= 0.6 is 0 Å². The molecule has 2 atom stereocenters. The van der Waals surface area contributed by atoms with Crippen LogP contribution in [-0.4, -0.2) is 25.8 Å². The molecule has 1 aliphatic rings. The molecule has 7 heteroatoms. The van der Waals surface area contributed by atoms with Gasteiger partial charge in [0.25, 0.3) is 0 Å². The third-order valence-electron chi connectivity index (χ3n) is 3.34. The van der Waals surface area contributed by atoms with Crippen molar-refractivity contribution in [3.05, 3.63) is 21.5 Å². The molecule has 1 saturated carbocycles. The smallest absolute Gasteiger partial charge is 0.312 e. The fraction of sp³-hybridized carbons (Fsp3) is 0.600. The Morgan fingerprint density at radius 2 is 2.18 bits per heavy atom. The maximum absolute atomic E-state index is 10.9. The maximum Gasteiger partial charge on any atom is 0.312 e. The minimum Gasteiger partial charge on any atom is -0.481 e. The first-order chi connectivity index (χ1) is 7.93. The molecule has 0 bridgehead atoms. The summed E-state index contributed by atoms with van der Waals surface area (Å²) in [5.41, 5.74) is 0.757. The van der Waals surface area contributed by atoms with Crippen molar-refractivity contribution in [1.29, 1.82) is 0 Å². The van der Waals surface area contributed by atoms with Gasteiger partial charge in [0, 0.05) is 0 Å². The third kappa shape index (κ3) is 1.67. The largest absolute Gasteiger partial charge is 0.481 e. The van der Waals surface area contributed by atoms with Crippen molar-refractivity contribution in [2.75, 3.05) is 0 Å². The van der Waals surface area contributed by atoms with Crippen molar-refractivity contribution in [2.24, 2.45) is 5.92 Å². The molecule has 92 valence electrons. The zero-order valence-corrected chi connectivity index (χ0v) is 9.58. The Morgan fingerprint density at radius 3 is 2.53 bits per heavy atom. The van der Waals surface area contributed by atoms with Crippen LogP contribution in [0.3, 0.4) is 0 Å². The summed E-state index contributed by atoms with van der Waals surface area (Å²) in [5.74, 6) is -1.34. The van der Waals surface area contributed by atoms with Crippen LogP contribution in [-0.2, 0) is 4.79 Å². The predicted octanol–water partition coefficient (Wildman–Crippen LogP) is 1.44. The number of nitro groups is 1. The second-order valence-electron chi connectivity index (χ2n) is 4.31. The lowest BCUT2D eigenvalue weighted by atomic mass is 9.79. The van der Waals surface area contributed by atoms with Crippen LogP contribution in [0.25, 0.3) is 0 Å². The van der Waals surface area contributed by atoms with E-state index in [1.165, 1.54) is 4.68 Å². The van der Waals surface area contributed by atoms with Crippen LogP contribution in [0.5, 0.6) is 0 Å². The highest BCUT2D eigenvalue weighted by molar-refractivity contribution is 5.71. The van der Waals surface area contributed by atoms with E-state index in [1.807, 2.05) is 0 Å². The molecule has 1 fully saturated rings. The Balaban J connectivity index is 2.38. The third-order valence-corrected chi connectivity index (χ3v) is 3.34. The molecule has 1 aromatic rings. The number of carbonyl (C=O) groups is 1. The first kappa shape index (κ1) is 11.6. The molecular formula is C10H13N3O4. The molecule has 17 heavy (non-hydrogen) atoms. The number of aromatic nitrogens is 2. The summed E-state index contributed by atoms with van der Waals surface area (Å²) in [7, 11) is 0. The monoisotopic (exact) mass is 239 g/mol. The summed E-state index contributed by atoms with van der Waals surface area (Å²) in [6, 6.07) is -0.250. The van der Waals surface area contributed by atoms with Gasteiger partial charge in [-0.05, 0) is 26.7 Å². The highest BCUT2D eigenvalue weighted by atomic mass is 16.6. The standard InChI is InChI=1S/C10H13N3O4/c1-5-9(13(16)17)6(2)12(11-5)8-4-3-7(8)10(14)15/h7-8H,3-4H2,1-2H3,(H,14,15). The summed E-state index contributed by atoms with van der Waals surface area (Å²) >= 11 is 0. The quantitative estimate of drug-likeness (QED) is 0.635. The van der Waals surface area contributed by atoms with Crippen molar-refractivity contribution in [2.45, 2.75) is 32.7 Å². The molecule has 0 radical (unpaired) electrons. The van der Waals surface area contributed by atoms with E-state index in [4.69, 9.17) is 5.11 Å². The van der Waals surface area contributed by atoms with Crippen molar-refractivity contribution >= 4 is 11.7 Å². The summed E-state index contributed by atoms with van der Waals surface area (Å²) in [4.78, 5) is 21.3. The molecular weight excluding hydrogens is 226 g/mol. The van der Waals surface area contributed by atoms with Crippen molar-refractivity contribution in [3.63, 3.8) is 0 Å². The van der Waals surface area contributed by atoms with Gasteiger partial charge in [-0.15, -0.1) is 0 Å². The zero-order chi connectivity index (χ0) is 12.7. The molecule has 0 amide bonds. The fourth-order valence-corrected chi connectivity index (χ4v) is 2.30. The molecule has 0 aromatic carbocycles. The number of hydrogen-bond acceptors (Lipinski definition) is 4. The molecule has 0 saturated heterocycles. The molecule has 2 rings (SSSR count). The average molecular weight is 239 g/mol. The second kappa shape index (κ2) is 3.83. The highest BCUT2D eigenvalue weighted by Crippen LogP contribution is 2.40. The molecule has 1 aromatic heterocycles. The maximum atomic E-state index is 10.9. The number of aliphatic carboxylic acids is 1. The highest BCUT2D eigenvalue weighted by Gasteiger charge is 2.40. The van der Waals surface area contributed by atoms with Gasteiger partial charge in [-0.3, -0.25) is 19.6 Å². The molecule has 0 spiro atoms. The van der Waals surface area contributed by atoms with Crippen LogP contribution in [0.4, 0.5) is 5.69 Å². The summed E-state index contributed by atoms with van der Waals surface area (Å²) in [6.45, 7) is 3.17. The molecule has 1 N–H and O–H groups in total. The van der Waals surface area contributed by atoms with Gasteiger partial charge in [0.1, 0.15) is 11.4 Å². The lowest BCUT2D eigenvalue weighted by Crippen LogP contribution is -2.36.